The summed E-state index contributed by atoms with van der Waals surface area (Å²) >= 11 is 1.93. The van der Waals surface area contributed by atoms with E-state index in [2.05, 4.69) is 44.0 Å². The number of hydrogen-bond donors (Lipinski definition) is 1. The Hall–Kier alpha value is -0.380. The van der Waals surface area contributed by atoms with Gasteiger partial charge in [-0.3, -0.25) is 4.90 Å². The van der Waals surface area contributed by atoms with Gasteiger partial charge in [-0.05, 0) is 58.3 Å². The van der Waals surface area contributed by atoms with Gasteiger partial charge in [0.15, 0.2) is 0 Å². The fourth-order valence-corrected chi connectivity index (χ4v) is 4.09. The molecule has 1 aliphatic heterocycles. The molecular formula is C15H26N2S. The quantitative estimate of drug-likeness (QED) is 0.897. The summed E-state index contributed by atoms with van der Waals surface area (Å²) < 4.78 is 0. The first kappa shape index (κ1) is 14.0. The number of rotatable bonds is 4. The van der Waals surface area contributed by atoms with Crippen LogP contribution < -0.4 is 5.32 Å². The maximum atomic E-state index is 3.60. The molecule has 2 rings (SSSR count). The lowest BCUT2D eigenvalue weighted by molar-refractivity contribution is 0.146. The van der Waals surface area contributed by atoms with Crippen molar-refractivity contribution in [2.45, 2.75) is 52.6 Å². The molecule has 0 aromatic carbocycles. The van der Waals surface area contributed by atoms with Gasteiger partial charge >= 0.3 is 0 Å². The summed E-state index contributed by atoms with van der Waals surface area (Å²) in [6.45, 7) is 12.6. The van der Waals surface area contributed by atoms with E-state index in [0.717, 1.165) is 6.54 Å². The van der Waals surface area contributed by atoms with Crippen molar-refractivity contribution in [1.29, 1.82) is 0 Å². The lowest BCUT2D eigenvalue weighted by atomic mass is 10.0. The van der Waals surface area contributed by atoms with Crippen molar-refractivity contribution in [3.05, 3.63) is 21.4 Å². The van der Waals surface area contributed by atoms with E-state index in [9.17, 15) is 0 Å². The lowest BCUT2D eigenvalue weighted by Crippen LogP contribution is -2.46. The van der Waals surface area contributed by atoms with Gasteiger partial charge in [0.25, 0.3) is 0 Å². The number of hydrogen-bond acceptors (Lipinski definition) is 3. The minimum atomic E-state index is 0.566. The van der Waals surface area contributed by atoms with Gasteiger partial charge < -0.3 is 5.32 Å². The van der Waals surface area contributed by atoms with E-state index in [4.69, 9.17) is 0 Å². The van der Waals surface area contributed by atoms with Gasteiger partial charge in [-0.2, -0.15) is 0 Å². The summed E-state index contributed by atoms with van der Waals surface area (Å²) in [5, 5.41) is 3.60. The fourth-order valence-electron chi connectivity index (χ4n) is 3.08. The van der Waals surface area contributed by atoms with Gasteiger partial charge in [0.05, 0.1) is 0 Å². The molecule has 0 radical (unpaired) electrons. The molecule has 1 aromatic rings. The van der Waals surface area contributed by atoms with Gasteiger partial charge in [-0.1, -0.05) is 6.92 Å². The third-order valence-corrected chi connectivity index (χ3v) is 5.00. The van der Waals surface area contributed by atoms with Crippen molar-refractivity contribution in [3.63, 3.8) is 0 Å². The molecule has 2 unspecified atom stereocenters. The second-order valence-corrected chi connectivity index (χ2v) is 6.90. The lowest BCUT2D eigenvalue weighted by Gasteiger charge is -2.37. The van der Waals surface area contributed by atoms with Crippen LogP contribution in [0, 0.1) is 13.8 Å². The average molecular weight is 266 g/mol. The maximum absolute atomic E-state index is 3.60. The second kappa shape index (κ2) is 6.18. The Bertz CT molecular complexity index is 384. The van der Waals surface area contributed by atoms with E-state index in [1.54, 1.807) is 0 Å². The zero-order valence-corrected chi connectivity index (χ0v) is 12.9. The zero-order valence-electron chi connectivity index (χ0n) is 12.1. The first-order chi connectivity index (χ1) is 8.61. The third kappa shape index (κ3) is 3.14. The molecule has 1 aromatic heterocycles. The maximum Gasteiger partial charge on any atom is 0.0331 e. The number of aryl methyl sites for hydroxylation is 2. The second-order valence-electron chi connectivity index (χ2n) is 5.44. The molecule has 2 atom stereocenters. The Balaban J connectivity index is 2.04. The van der Waals surface area contributed by atoms with Crippen molar-refractivity contribution in [1.82, 2.24) is 10.2 Å². The average Bonchev–Trinajstić information content (AvgIpc) is 2.68. The van der Waals surface area contributed by atoms with Crippen molar-refractivity contribution in [3.8, 4) is 0 Å². The smallest absolute Gasteiger partial charge is 0.0331 e. The molecule has 1 fully saturated rings. The molecule has 1 saturated heterocycles. The van der Waals surface area contributed by atoms with Crippen LogP contribution in [-0.4, -0.2) is 30.6 Å². The summed E-state index contributed by atoms with van der Waals surface area (Å²) in [7, 11) is 0. The molecule has 0 aliphatic carbocycles. The van der Waals surface area contributed by atoms with Crippen LogP contribution in [0.1, 0.15) is 48.0 Å². The predicted octanol–water partition coefficient (Wildman–Crippen LogP) is 3.50. The molecular weight excluding hydrogens is 240 g/mol. The Kier molecular flexibility index (Phi) is 4.82. The minimum Gasteiger partial charge on any atom is -0.313 e. The van der Waals surface area contributed by atoms with Crippen LogP contribution in [-0.2, 0) is 0 Å². The zero-order chi connectivity index (χ0) is 13.1. The van der Waals surface area contributed by atoms with E-state index in [-0.39, 0.29) is 0 Å². The van der Waals surface area contributed by atoms with E-state index in [0.29, 0.717) is 12.1 Å². The molecule has 2 heterocycles. The number of piperidine rings is 1. The van der Waals surface area contributed by atoms with Crippen molar-refractivity contribution in [2.24, 2.45) is 0 Å². The highest BCUT2D eigenvalue weighted by atomic mass is 32.1. The van der Waals surface area contributed by atoms with Crippen LogP contribution in [0.4, 0.5) is 0 Å². The standard InChI is InChI=1S/C15H26N2S/c1-5-16-14-7-6-8-17(10-14)12(3)15-9-11(2)18-13(15)4/h9,12,14,16H,5-8,10H2,1-4H3. The van der Waals surface area contributed by atoms with Crippen molar-refractivity contribution < 1.29 is 0 Å². The number of likely N-dealkylation sites (N-methyl/N-ethyl adjacent to an activating group) is 1. The van der Waals surface area contributed by atoms with E-state index < -0.39 is 0 Å². The summed E-state index contributed by atoms with van der Waals surface area (Å²) in [4.78, 5) is 5.57. The molecule has 1 N–H and O–H groups in total. The predicted molar refractivity (Wildman–Crippen MR) is 80.5 cm³/mol. The highest BCUT2D eigenvalue weighted by Gasteiger charge is 2.25. The Labute approximate surface area is 115 Å². The van der Waals surface area contributed by atoms with Gasteiger partial charge in [0, 0.05) is 28.4 Å². The molecule has 0 bridgehead atoms. The van der Waals surface area contributed by atoms with Gasteiger partial charge in [0.2, 0.25) is 0 Å². The minimum absolute atomic E-state index is 0.566. The Morgan fingerprint density at radius 3 is 2.89 bits per heavy atom. The summed E-state index contributed by atoms with van der Waals surface area (Å²) in [6.07, 6.45) is 2.66. The Morgan fingerprint density at radius 2 is 2.28 bits per heavy atom. The molecule has 2 nitrogen and oxygen atoms in total. The van der Waals surface area contributed by atoms with Crippen LogP contribution in [0.25, 0.3) is 0 Å². The van der Waals surface area contributed by atoms with Crippen molar-refractivity contribution in [2.75, 3.05) is 19.6 Å². The van der Waals surface area contributed by atoms with Gasteiger partial charge in [-0.15, -0.1) is 11.3 Å². The topological polar surface area (TPSA) is 15.3 Å². The van der Waals surface area contributed by atoms with Crippen LogP contribution in [0.2, 0.25) is 0 Å². The third-order valence-electron chi connectivity index (χ3n) is 4.02. The molecule has 0 saturated carbocycles. The molecule has 18 heavy (non-hydrogen) atoms. The molecule has 0 spiro atoms. The van der Waals surface area contributed by atoms with Crippen LogP contribution in [0.3, 0.4) is 0 Å². The largest absolute Gasteiger partial charge is 0.313 e. The first-order valence-corrected chi connectivity index (χ1v) is 7.97. The Morgan fingerprint density at radius 1 is 1.50 bits per heavy atom. The summed E-state index contributed by atoms with van der Waals surface area (Å²) in [5.74, 6) is 0. The molecule has 0 amide bonds. The van der Waals surface area contributed by atoms with Crippen LogP contribution >= 0.6 is 11.3 Å². The van der Waals surface area contributed by atoms with Crippen LogP contribution in [0.5, 0.6) is 0 Å². The first-order valence-electron chi connectivity index (χ1n) is 7.16. The fraction of sp³-hybridized carbons (Fsp3) is 0.733. The number of nitrogens with one attached hydrogen (secondary N) is 1. The van der Waals surface area contributed by atoms with Crippen LogP contribution in [0.15, 0.2) is 6.07 Å². The normalized spacial score (nSPS) is 23.2. The van der Waals surface area contributed by atoms with Crippen molar-refractivity contribution >= 4 is 11.3 Å². The summed E-state index contributed by atoms with van der Waals surface area (Å²) in [5.41, 5.74) is 1.54. The van der Waals surface area contributed by atoms with Gasteiger partial charge in [-0.25, -0.2) is 0 Å². The molecule has 102 valence electrons. The van der Waals surface area contributed by atoms with E-state index in [1.807, 2.05) is 11.3 Å². The molecule has 3 heteroatoms. The molecule has 1 aliphatic rings. The van der Waals surface area contributed by atoms with E-state index >= 15 is 0 Å². The number of likely N-dealkylation sites (tertiary alicyclic amines) is 1. The SMILES string of the molecule is CCNC1CCCN(C(C)c2cc(C)sc2C)C1. The highest BCUT2D eigenvalue weighted by molar-refractivity contribution is 7.12. The number of thiophene rings is 1. The summed E-state index contributed by atoms with van der Waals surface area (Å²) in [6, 6.07) is 3.63. The van der Waals surface area contributed by atoms with Gasteiger partial charge in [0.1, 0.15) is 0 Å². The highest BCUT2D eigenvalue weighted by Crippen LogP contribution is 2.31. The number of nitrogens with zero attached hydrogens (tertiary/aromatic N) is 1. The monoisotopic (exact) mass is 266 g/mol. The van der Waals surface area contributed by atoms with E-state index in [1.165, 1.54) is 41.2 Å².